The molecule has 3 aromatic rings. The molecule has 0 aliphatic carbocycles. The van der Waals surface area contributed by atoms with E-state index < -0.39 is 6.10 Å². The SMILES string of the molecule is CCCc1nc(-c2ccc3c(c2)N(Cc2cccc(C(=O)OCC)c2)C(=O)C(C)O3)cs1. The molecule has 2 heterocycles. The molecule has 1 amide bonds. The third-order valence-electron chi connectivity index (χ3n) is 5.26. The molecule has 0 fully saturated rings. The van der Waals surface area contributed by atoms with Crippen LogP contribution in [-0.4, -0.2) is 29.6 Å². The summed E-state index contributed by atoms with van der Waals surface area (Å²) in [7, 11) is 0. The van der Waals surface area contributed by atoms with E-state index in [2.05, 4.69) is 6.92 Å². The van der Waals surface area contributed by atoms with Gasteiger partial charge in [0.15, 0.2) is 6.10 Å². The molecule has 4 rings (SSSR count). The lowest BCUT2D eigenvalue weighted by Gasteiger charge is -2.33. The van der Waals surface area contributed by atoms with Gasteiger partial charge in [0.1, 0.15) is 5.75 Å². The van der Waals surface area contributed by atoms with E-state index >= 15 is 0 Å². The molecule has 32 heavy (non-hydrogen) atoms. The Morgan fingerprint density at radius 1 is 1.22 bits per heavy atom. The van der Waals surface area contributed by atoms with Gasteiger partial charge in [0.25, 0.3) is 5.91 Å². The van der Waals surface area contributed by atoms with E-state index in [0.717, 1.165) is 34.7 Å². The number of aryl methyl sites for hydroxylation is 1. The van der Waals surface area contributed by atoms with Gasteiger partial charge in [-0.2, -0.15) is 0 Å². The van der Waals surface area contributed by atoms with E-state index in [1.165, 1.54) is 0 Å². The lowest BCUT2D eigenvalue weighted by molar-refractivity contribution is -0.125. The molecule has 166 valence electrons. The smallest absolute Gasteiger partial charge is 0.338 e. The molecule has 0 N–H and O–H groups in total. The zero-order valence-corrected chi connectivity index (χ0v) is 19.3. The van der Waals surface area contributed by atoms with Gasteiger partial charge >= 0.3 is 5.97 Å². The number of esters is 1. The Morgan fingerprint density at radius 2 is 2.06 bits per heavy atom. The molecule has 1 aliphatic rings. The molecule has 1 aliphatic heterocycles. The highest BCUT2D eigenvalue weighted by Crippen LogP contribution is 2.38. The number of carbonyl (C=O) groups excluding carboxylic acids is 2. The average molecular weight is 451 g/mol. The number of ether oxygens (including phenoxy) is 2. The summed E-state index contributed by atoms with van der Waals surface area (Å²) < 4.78 is 11.0. The maximum Gasteiger partial charge on any atom is 0.338 e. The predicted octanol–water partition coefficient (Wildman–Crippen LogP) is 5.25. The third-order valence-corrected chi connectivity index (χ3v) is 6.17. The van der Waals surface area contributed by atoms with E-state index in [1.54, 1.807) is 48.3 Å². The van der Waals surface area contributed by atoms with Crippen molar-refractivity contribution < 1.29 is 19.1 Å². The zero-order chi connectivity index (χ0) is 22.7. The first-order valence-electron chi connectivity index (χ1n) is 10.8. The molecule has 0 radical (unpaired) electrons. The van der Waals surface area contributed by atoms with Crippen LogP contribution >= 0.6 is 11.3 Å². The quantitative estimate of drug-likeness (QED) is 0.460. The van der Waals surface area contributed by atoms with Gasteiger partial charge in [0, 0.05) is 10.9 Å². The fourth-order valence-electron chi connectivity index (χ4n) is 3.70. The van der Waals surface area contributed by atoms with Crippen LogP contribution in [-0.2, 0) is 22.5 Å². The number of nitrogens with zero attached hydrogens (tertiary/aromatic N) is 2. The van der Waals surface area contributed by atoms with E-state index in [0.29, 0.717) is 30.2 Å². The number of amides is 1. The molecular formula is C25H26N2O4S. The van der Waals surface area contributed by atoms with Crippen LogP contribution in [0.1, 0.15) is 48.1 Å². The van der Waals surface area contributed by atoms with E-state index in [4.69, 9.17) is 14.5 Å². The molecular weight excluding hydrogens is 424 g/mol. The lowest BCUT2D eigenvalue weighted by atomic mass is 10.1. The molecule has 0 bridgehead atoms. The Balaban J connectivity index is 1.67. The first-order chi connectivity index (χ1) is 15.5. The number of fused-ring (bicyclic) bond motifs is 1. The standard InChI is InChI=1S/C25H26N2O4S/c1-4-7-23-26-20(15-32-23)18-10-11-22-21(13-18)27(24(28)16(3)31-22)14-17-8-6-9-19(12-17)25(29)30-5-2/h6,8-13,15-16H,4-5,7,14H2,1-3H3. The minimum absolute atomic E-state index is 0.124. The van der Waals surface area contributed by atoms with Crippen molar-refractivity contribution in [3.63, 3.8) is 0 Å². The highest BCUT2D eigenvalue weighted by atomic mass is 32.1. The van der Waals surface area contributed by atoms with Gasteiger partial charge in [0.2, 0.25) is 0 Å². The fourth-order valence-corrected chi connectivity index (χ4v) is 4.60. The topological polar surface area (TPSA) is 68.7 Å². The first kappa shape index (κ1) is 22.0. The highest BCUT2D eigenvalue weighted by Gasteiger charge is 2.32. The van der Waals surface area contributed by atoms with Crippen molar-refractivity contribution in [3.8, 4) is 17.0 Å². The minimum atomic E-state index is -0.586. The van der Waals surface area contributed by atoms with Gasteiger partial charge in [-0.25, -0.2) is 9.78 Å². The third kappa shape index (κ3) is 4.53. The van der Waals surface area contributed by atoms with E-state index in [9.17, 15) is 9.59 Å². The average Bonchev–Trinajstić information content (AvgIpc) is 3.26. The van der Waals surface area contributed by atoms with Gasteiger partial charge in [-0.15, -0.1) is 11.3 Å². The first-order valence-corrected chi connectivity index (χ1v) is 11.7. The molecule has 1 unspecified atom stereocenters. The number of thiazole rings is 1. The van der Waals surface area contributed by atoms with Crippen molar-refractivity contribution in [1.29, 1.82) is 0 Å². The summed E-state index contributed by atoms with van der Waals surface area (Å²) in [6.07, 6.45) is 1.42. The summed E-state index contributed by atoms with van der Waals surface area (Å²) in [4.78, 5) is 31.6. The van der Waals surface area contributed by atoms with Crippen molar-refractivity contribution in [2.45, 2.75) is 46.3 Å². The van der Waals surface area contributed by atoms with Gasteiger partial charge in [0.05, 0.1) is 35.1 Å². The summed E-state index contributed by atoms with van der Waals surface area (Å²) in [5.41, 5.74) is 3.86. The van der Waals surface area contributed by atoms with Crippen LogP contribution in [0.2, 0.25) is 0 Å². The van der Waals surface area contributed by atoms with Crippen LogP contribution in [0.25, 0.3) is 11.3 Å². The van der Waals surface area contributed by atoms with E-state index in [-0.39, 0.29) is 11.9 Å². The summed E-state index contributed by atoms with van der Waals surface area (Å²) in [5.74, 6) is 0.165. The molecule has 1 atom stereocenters. The molecule has 0 saturated carbocycles. The summed E-state index contributed by atoms with van der Waals surface area (Å²) >= 11 is 1.65. The maximum atomic E-state index is 13.0. The van der Waals surface area contributed by atoms with Crippen LogP contribution < -0.4 is 9.64 Å². The fraction of sp³-hybridized carbons (Fsp3) is 0.320. The Morgan fingerprint density at radius 3 is 2.84 bits per heavy atom. The predicted molar refractivity (Wildman–Crippen MR) is 125 cm³/mol. The molecule has 7 heteroatoms. The number of rotatable bonds is 7. The van der Waals surface area contributed by atoms with Gasteiger partial charge in [-0.05, 0) is 62.6 Å². The number of hydrogen-bond donors (Lipinski definition) is 0. The minimum Gasteiger partial charge on any atom is -0.479 e. The Bertz CT molecular complexity index is 1140. The van der Waals surface area contributed by atoms with Crippen molar-refractivity contribution in [3.05, 3.63) is 64.0 Å². The highest BCUT2D eigenvalue weighted by molar-refractivity contribution is 7.09. The van der Waals surface area contributed by atoms with Gasteiger partial charge in [-0.1, -0.05) is 19.1 Å². The van der Waals surface area contributed by atoms with Crippen LogP contribution in [0.4, 0.5) is 5.69 Å². The number of hydrogen-bond acceptors (Lipinski definition) is 6. The molecule has 6 nitrogen and oxygen atoms in total. The normalized spacial score (nSPS) is 15.3. The number of benzene rings is 2. The van der Waals surface area contributed by atoms with Crippen LogP contribution in [0.15, 0.2) is 47.8 Å². The Labute approximate surface area is 191 Å². The van der Waals surface area contributed by atoms with Crippen LogP contribution in [0.3, 0.4) is 0 Å². The lowest BCUT2D eigenvalue weighted by Crippen LogP contribution is -2.44. The number of carbonyl (C=O) groups is 2. The maximum absolute atomic E-state index is 13.0. The van der Waals surface area contributed by atoms with Crippen molar-refractivity contribution in [1.82, 2.24) is 4.98 Å². The van der Waals surface area contributed by atoms with Gasteiger partial charge in [-0.3, -0.25) is 4.79 Å². The second kappa shape index (κ2) is 9.53. The number of anilines is 1. The van der Waals surface area contributed by atoms with Crippen molar-refractivity contribution >= 4 is 28.9 Å². The molecule has 2 aromatic carbocycles. The van der Waals surface area contributed by atoms with Crippen LogP contribution in [0.5, 0.6) is 5.75 Å². The number of aromatic nitrogens is 1. The summed E-state index contributed by atoms with van der Waals surface area (Å²) in [6.45, 7) is 6.30. The van der Waals surface area contributed by atoms with E-state index in [1.807, 2.05) is 29.6 Å². The molecule has 0 spiro atoms. The van der Waals surface area contributed by atoms with Crippen molar-refractivity contribution in [2.75, 3.05) is 11.5 Å². The second-order valence-electron chi connectivity index (χ2n) is 7.66. The second-order valence-corrected chi connectivity index (χ2v) is 8.61. The zero-order valence-electron chi connectivity index (χ0n) is 18.5. The molecule has 1 aromatic heterocycles. The Hall–Kier alpha value is -3.19. The van der Waals surface area contributed by atoms with Crippen molar-refractivity contribution in [2.24, 2.45) is 0 Å². The Kier molecular flexibility index (Phi) is 6.55. The largest absolute Gasteiger partial charge is 0.479 e. The van der Waals surface area contributed by atoms with Crippen LogP contribution in [0, 0.1) is 0 Å². The summed E-state index contributed by atoms with van der Waals surface area (Å²) in [5, 5.41) is 3.15. The monoisotopic (exact) mass is 450 g/mol. The molecule has 0 saturated heterocycles. The summed E-state index contributed by atoms with van der Waals surface area (Å²) in [6, 6.07) is 13.0. The van der Waals surface area contributed by atoms with Gasteiger partial charge < -0.3 is 14.4 Å².